The Morgan fingerprint density at radius 1 is 1.30 bits per heavy atom. The predicted octanol–water partition coefficient (Wildman–Crippen LogP) is 2.73. The second-order valence-electron chi connectivity index (χ2n) is 5.10. The lowest BCUT2D eigenvalue weighted by Gasteiger charge is -2.25. The van der Waals surface area contributed by atoms with E-state index in [0.717, 1.165) is 18.4 Å². The Labute approximate surface area is 121 Å². The van der Waals surface area contributed by atoms with E-state index in [1.807, 2.05) is 19.9 Å². The third kappa shape index (κ3) is 5.29. The Kier molecular flexibility index (Phi) is 7.23. The highest BCUT2D eigenvalue weighted by Gasteiger charge is 2.19. The van der Waals surface area contributed by atoms with Crippen molar-refractivity contribution in [1.82, 2.24) is 4.90 Å². The van der Waals surface area contributed by atoms with Crippen LogP contribution in [0, 0.1) is 5.82 Å². The number of halogens is 1. The zero-order valence-corrected chi connectivity index (χ0v) is 12.4. The average Bonchev–Trinajstić information content (AvgIpc) is 2.43. The monoisotopic (exact) mass is 280 g/mol. The van der Waals surface area contributed by atoms with Crippen LogP contribution in [0.4, 0.5) is 4.39 Å². The maximum Gasteiger partial charge on any atom is 0.239 e. The minimum Gasteiger partial charge on any atom is -0.341 e. The zero-order chi connectivity index (χ0) is 15.0. The Morgan fingerprint density at radius 2 is 2.05 bits per heavy atom. The molecule has 4 heteroatoms. The molecular weight excluding hydrogens is 255 g/mol. The van der Waals surface area contributed by atoms with Gasteiger partial charge in [0.05, 0.1) is 6.04 Å². The summed E-state index contributed by atoms with van der Waals surface area (Å²) in [6.07, 6.45) is 3.16. The molecule has 1 aromatic carbocycles. The smallest absolute Gasteiger partial charge is 0.239 e. The summed E-state index contributed by atoms with van der Waals surface area (Å²) in [5.74, 6) is -0.233. The summed E-state index contributed by atoms with van der Waals surface area (Å²) in [5, 5.41) is 0. The topological polar surface area (TPSA) is 46.3 Å². The Balaban J connectivity index is 2.60. The number of nitrogens with two attached hydrogens (primary N) is 1. The highest BCUT2D eigenvalue weighted by atomic mass is 19.1. The van der Waals surface area contributed by atoms with E-state index in [9.17, 15) is 9.18 Å². The lowest BCUT2D eigenvalue weighted by Crippen LogP contribution is -2.44. The summed E-state index contributed by atoms with van der Waals surface area (Å²) in [5.41, 5.74) is 6.81. The number of hydrogen-bond donors (Lipinski definition) is 1. The molecule has 2 N–H and O–H groups in total. The fourth-order valence-electron chi connectivity index (χ4n) is 2.23. The van der Waals surface area contributed by atoms with E-state index < -0.39 is 6.04 Å². The molecule has 0 fully saturated rings. The second-order valence-corrected chi connectivity index (χ2v) is 5.10. The largest absolute Gasteiger partial charge is 0.341 e. The van der Waals surface area contributed by atoms with Crippen molar-refractivity contribution in [3.63, 3.8) is 0 Å². The molecule has 0 bridgehead atoms. The molecule has 1 unspecified atom stereocenters. The fraction of sp³-hybridized carbons (Fsp3) is 0.562. The van der Waals surface area contributed by atoms with Crippen LogP contribution in [-0.2, 0) is 11.2 Å². The average molecular weight is 280 g/mol. The van der Waals surface area contributed by atoms with Crippen molar-refractivity contribution in [2.75, 3.05) is 13.1 Å². The van der Waals surface area contributed by atoms with Gasteiger partial charge in [0, 0.05) is 13.1 Å². The molecule has 0 saturated carbocycles. The van der Waals surface area contributed by atoms with Gasteiger partial charge in [-0.1, -0.05) is 32.4 Å². The molecule has 0 saturated heterocycles. The molecule has 0 aliphatic carbocycles. The van der Waals surface area contributed by atoms with Crippen LogP contribution < -0.4 is 5.73 Å². The van der Waals surface area contributed by atoms with Gasteiger partial charge in [0.25, 0.3) is 0 Å². The summed E-state index contributed by atoms with van der Waals surface area (Å²) in [6, 6.07) is 6.10. The number of carbonyl (C=O) groups excluding carboxylic acids is 1. The van der Waals surface area contributed by atoms with Crippen LogP contribution in [0.2, 0.25) is 0 Å². The van der Waals surface area contributed by atoms with Gasteiger partial charge in [0.2, 0.25) is 5.91 Å². The molecule has 20 heavy (non-hydrogen) atoms. The van der Waals surface area contributed by atoms with Crippen molar-refractivity contribution in [3.05, 3.63) is 35.6 Å². The number of benzene rings is 1. The van der Waals surface area contributed by atoms with E-state index in [2.05, 4.69) is 0 Å². The van der Waals surface area contributed by atoms with E-state index in [0.29, 0.717) is 25.9 Å². The standard InChI is InChI=1S/C16H25FN2O/c1-3-6-15(18)16(20)19(10-4-2)11-9-13-7-5-8-14(17)12-13/h5,7-8,12,15H,3-4,6,9-11,18H2,1-2H3. The molecule has 0 heterocycles. The number of nitrogens with zero attached hydrogens (tertiary/aromatic N) is 1. The molecule has 0 radical (unpaired) electrons. The Hall–Kier alpha value is -1.42. The van der Waals surface area contributed by atoms with Gasteiger partial charge < -0.3 is 10.6 Å². The molecule has 0 spiro atoms. The molecule has 112 valence electrons. The first-order valence-electron chi connectivity index (χ1n) is 7.37. The summed E-state index contributed by atoms with van der Waals surface area (Å²) < 4.78 is 13.1. The van der Waals surface area contributed by atoms with Crippen LogP contribution in [0.3, 0.4) is 0 Å². The number of amides is 1. The highest BCUT2D eigenvalue weighted by molar-refractivity contribution is 5.81. The molecular formula is C16H25FN2O. The molecule has 0 aromatic heterocycles. The van der Waals surface area contributed by atoms with E-state index in [4.69, 9.17) is 5.73 Å². The lowest BCUT2D eigenvalue weighted by molar-refractivity contribution is -0.132. The van der Waals surface area contributed by atoms with E-state index >= 15 is 0 Å². The molecule has 1 aromatic rings. The first-order valence-corrected chi connectivity index (χ1v) is 7.37. The summed E-state index contributed by atoms with van der Waals surface area (Å²) in [6.45, 7) is 5.34. The summed E-state index contributed by atoms with van der Waals surface area (Å²) in [4.78, 5) is 14.0. The first-order chi connectivity index (χ1) is 9.58. The third-order valence-electron chi connectivity index (χ3n) is 3.28. The van der Waals surface area contributed by atoms with Crippen molar-refractivity contribution in [2.45, 2.75) is 45.6 Å². The number of carbonyl (C=O) groups is 1. The van der Waals surface area contributed by atoms with Crippen LogP contribution in [0.5, 0.6) is 0 Å². The van der Waals surface area contributed by atoms with Crippen molar-refractivity contribution >= 4 is 5.91 Å². The van der Waals surface area contributed by atoms with Crippen molar-refractivity contribution in [3.8, 4) is 0 Å². The number of rotatable bonds is 8. The van der Waals surface area contributed by atoms with Crippen LogP contribution >= 0.6 is 0 Å². The van der Waals surface area contributed by atoms with Gasteiger partial charge in [-0.25, -0.2) is 4.39 Å². The van der Waals surface area contributed by atoms with Crippen molar-refractivity contribution < 1.29 is 9.18 Å². The van der Waals surface area contributed by atoms with E-state index in [-0.39, 0.29) is 11.7 Å². The van der Waals surface area contributed by atoms with E-state index in [1.54, 1.807) is 11.0 Å². The van der Waals surface area contributed by atoms with Crippen molar-refractivity contribution in [2.24, 2.45) is 5.73 Å². The summed E-state index contributed by atoms with van der Waals surface area (Å²) >= 11 is 0. The molecule has 3 nitrogen and oxygen atoms in total. The normalized spacial score (nSPS) is 12.2. The van der Waals surface area contributed by atoms with Gasteiger partial charge in [0.15, 0.2) is 0 Å². The highest BCUT2D eigenvalue weighted by Crippen LogP contribution is 2.07. The Morgan fingerprint density at radius 3 is 2.65 bits per heavy atom. The maximum absolute atomic E-state index is 13.1. The minimum absolute atomic E-state index is 0.00473. The van der Waals surface area contributed by atoms with Crippen LogP contribution in [-0.4, -0.2) is 29.9 Å². The van der Waals surface area contributed by atoms with Crippen LogP contribution in [0.25, 0.3) is 0 Å². The van der Waals surface area contributed by atoms with Gasteiger partial charge in [-0.05, 0) is 37.0 Å². The SMILES string of the molecule is CCCC(N)C(=O)N(CCC)CCc1cccc(F)c1. The first kappa shape index (κ1) is 16.6. The number of hydrogen-bond acceptors (Lipinski definition) is 2. The molecule has 1 atom stereocenters. The Bertz CT molecular complexity index is 423. The molecule has 0 aliphatic rings. The fourth-order valence-corrected chi connectivity index (χ4v) is 2.23. The molecule has 1 rings (SSSR count). The predicted molar refractivity (Wildman–Crippen MR) is 79.9 cm³/mol. The van der Waals surface area contributed by atoms with Gasteiger partial charge in [-0.3, -0.25) is 4.79 Å². The molecule has 1 amide bonds. The quantitative estimate of drug-likeness (QED) is 0.796. The van der Waals surface area contributed by atoms with Crippen LogP contribution in [0.1, 0.15) is 38.7 Å². The maximum atomic E-state index is 13.1. The summed E-state index contributed by atoms with van der Waals surface area (Å²) in [7, 11) is 0. The van der Waals surface area contributed by atoms with Gasteiger partial charge >= 0.3 is 0 Å². The minimum atomic E-state index is -0.418. The van der Waals surface area contributed by atoms with Crippen LogP contribution in [0.15, 0.2) is 24.3 Å². The van der Waals surface area contributed by atoms with Crippen molar-refractivity contribution in [1.29, 1.82) is 0 Å². The van der Waals surface area contributed by atoms with Gasteiger partial charge in [0.1, 0.15) is 5.82 Å². The van der Waals surface area contributed by atoms with Gasteiger partial charge in [-0.2, -0.15) is 0 Å². The molecule has 0 aliphatic heterocycles. The van der Waals surface area contributed by atoms with E-state index in [1.165, 1.54) is 12.1 Å². The third-order valence-corrected chi connectivity index (χ3v) is 3.28. The lowest BCUT2D eigenvalue weighted by atomic mass is 10.1. The second kappa shape index (κ2) is 8.69. The zero-order valence-electron chi connectivity index (χ0n) is 12.4. The van der Waals surface area contributed by atoms with Gasteiger partial charge in [-0.15, -0.1) is 0 Å².